The van der Waals surface area contributed by atoms with Gasteiger partial charge in [0, 0.05) is 29.7 Å². The summed E-state index contributed by atoms with van der Waals surface area (Å²) in [6.07, 6.45) is 1.89. The molecule has 0 saturated carbocycles. The fourth-order valence-corrected chi connectivity index (χ4v) is 3.86. The maximum Gasteiger partial charge on any atom is 0.0577 e. The molecule has 0 spiro atoms. The standard InChI is InChI=1S/C13H19NO2S/c1-16-8-9-17(15)12-7-6-10-4-2-3-5-11(10)13(12)14/h2-5,12-13H,6-9,14H2,1H3. The van der Waals surface area contributed by atoms with Gasteiger partial charge in [-0.25, -0.2) is 0 Å². The first-order valence-electron chi connectivity index (χ1n) is 5.93. The summed E-state index contributed by atoms with van der Waals surface area (Å²) in [5.74, 6) is 0.580. The normalized spacial score (nSPS) is 25.3. The minimum atomic E-state index is -0.894. The molecule has 0 aliphatic heterocycles. The van der Waals surface area contributed by atoms with E-state index in [0.29, 0.717) is 12.4 Å². The molecule has 1 aromatic rings. The van der Waals surface area contributed by atoms with Gasteiger partial charge in [0.15, 0.2) is 0 Å². The molecular weight excluding hydrogens is 234 g/mol. The van der Waals surface area contributed by atoms with Crippen LogP contribution >= 0.6 is 0 Å². The summed E-state index contributed by atoms with van der Waals surface area (Å²) in [6, 6.07) is 8.11. The van der Waals surface area contributed by atoms with E-state index in [0.717, 1.165) is 18.4 Å². The summed E-state index contributed by atoms with van der Waals surface area (Å²) >= 11 is 0. The minimum absolute atomic E-state index is 0.0695. The molecule has 0 saturated heterocycles. The van der Waals surface area contributed by atoms with E-state index in [1.165, 1.54) is 5.56 Å². The number of benzene rings is 1. The molecule has 3 atom stereocenters. The van der Waals surface area contributed by atoms with Gasteiger partial charge in [0.1, 0.15) is 0 Å². The van der Waals surface area contributed by atoms with Crippen LogP contribution in [0.3, 0.4) is 0 Å². The molecule has 17 heavy (non-hydrogen) atoms. The highest BCUT2D eigenvalue weighted by atomic mass is 32.2. The predicted octanol–water partition coefficient (Wildman–Crippen LogP) is 1.40. The minimum Gasteiger partial charge on any atom is -0.384 e. The van der Waals surface area contributed by atoms with Crippen molar-refractivity contribution < 1.29 is 8.95 Å². The molecule has 1 aromatic carbocycles. The van der Waals surface area contributed by atoms with E-state index < -0.39 is 10.8 Å². The van der Waals surface area contributed by atoms with Gasteiger partial charge in [-0.05, 0) is 24.0 Å². The lowest BCUT2D eigenvalue weighted by atomic mass is 9.88. The summed E-state index contributed by atoms with van der Waals surface area (Å²) in [5, 5.41) is 0.0695. The SMILES string of the molecule is COCCS(=O)C1CCc2ccccc2C1N. The number of rotatable bonds is 4. The molecule has 3 nitrogen and oxygen atoms in total. The van der Waals surface area contributed by atoms with Crippen LogP contribution in [0.4, 0.5) is 0 Å². The van der Waals surface area contributed by atoms with E-state index in [2.05, 4.69) is 12.1 Å². The Morgan fingerprint density at radius 1 is 1.47 bits per heavy atom. The van der Waals surface area contributed by atoms with Gasteiger partial charge in [-0.2, -0.15) is 0 Å². The molecule has 1 aliphatic carbocycles. The summed E-state index contributed by atoms with van der Waals surface area (Å²) in [4.78, 5) is 0. The van der Waals surface area contributed by atoms with Gasteiger partial charge in [0.05, 0.1) is 11.9 Å². The van der Waals surface area contributed by atoms with Crippen LogP contribution in [-0.4, -0.2) is 28.9 Å². The smallest absolute Gasteiger partial charge is 0.0577 e. The molecule has 4 heteroatoms. The second-order valence-electron chi connectivity index (χ2n) is 4.38. The van der Waals surface area contributed by atoms with Crippen LogP contribution in [0, 0.1) is 0 Å². The fraction of sp³-hybridized carbons (Fsp3) is 0.538. The monoisotopic (exact) mass is 253 g/mol. The molecule has 0 bridgehead atoms. The van der Waals surface area contributed by atoms with Crippen LogP contribution < -0.4 is 5.73 Å². The Morgan fingerprint density at radius 2 is 2.24 bits per heavy atom. The van der Waals surface area contributed by atoms with E-state index in [9.17, 15) is 4.21 Å². The number of fused-ring (bicyclic) bond motifs is 1. The van der Waals surface area contributed by atoms with Crippen molar-refractivity contribution in [3.8, 4) is 0 Å². The molecule has 1 aliphatic rings. The summed E-state index contributed by atoms with van der Waals surface area (Å²) in [5.41, 5.74) is 8.70. The number of methoxy groups -OCH3 is 1. The lowest BCUT2D eigenvalue weighted by Crippen LogP contribution is -2.36. The Bertz CT molecular complexity index is 408. The van der Waals surface area contributed by atoms with Crippen molar-refractivity contribution in [2.75, 3.05) is 19.5 Å². The number of aryl methyl sites for hydroxylation is 1. The van der Waals surface area contributed by atoms with Crippen molar-refractivity contribution >= 4 is 10.8 Å². The van der Waals surface area contributed by atoms with Crippen molar-refractivity contribution in [2.45, 2.75) is 24.1 Å². The Morgan fingerprint density at radius 3 is 3.00 bits per heavy atom. The van der Waals surface area contributed by atoms with Gasteiger partial charge in [0.25, 0.3) is 0 Å². The molecule has 0 heterocycles. The van der Waals surface area contributed by atoms with Crippen molar-refractivity contribution in [1.82, 2.24) is 0 Å². The summed E-state index contributed by atoms with van der Waals surface area (Å²) in [6.45, 7) is 0.539. The van der Waals surface area contributed by atoms with E-state index in [4.69, 9.17) is 10.5 Å². The second-order valence-corrected chi connectivity index (χ2v) is 6.15. The topological polar surface area (TPSA) is 52.3 Å². The molecule has 94 valence electrons. The van der Waals surface area contributed by atoms with Crippen molar-refractivity contribution in [2.24, 2.45) is 5.73 Å². The largest absolute Gasteiger partial charge is 0.384 e. The highest BCUT2D eigenvalue weighted by Gasteiger charge is 2.30. The van der Waals surface area contributed by atoms with Gasteiger partial charge in [-0.3, -0.25) is 4.21 Å². The van der Waals surface area contributed by atoms with Gasteiger partial charge in [-0.15, -0.1) is 0 Å². The average Bonchev–Trinajstić information content (AvgIpc) is 2.37. The number of hydrogen-bond donors (Lipinski definition) is 1. The molecule has 3 unspecified atom stereocenters. The van der Waals surface area contributed by atoms with E-state index in [1.807, 2.05) is 12.1 Å². The molecule has 2 rings (SSSR count). The van der Waals surface area contributed by atoms with Gasteiger partial charge in [0.2, 0.25) is 0 Å². The third-order valence-electron chi connectivity index (χ3n) is 3.34. The van der Waals surface area contributed by atoms with Crippen LogP contribution in [-0.2, 0) is 22.0 Å². The van der Waals surface area contributed by atoms with Crippen molar-refractivity contribution in [1.29, 1.82) is 0 Å². The first-order valence-corrected chi connectivity index (χ1v) is 7.31. The lowest BCUT2D eigenvalue weighted by Gasteiger charge is -2.30. The maximum atomic E-state index is 12.1. The number of hydrogen-bond acceptors (Lipinski definition) is 3. The maximum absolute atomic E-state index is 12.1. The number of ether oxygens (including phenoxy) is 1. The van der Waals surface area contributed by atoms with Crippen LogP contribution in [0.25, 0.3) is 0 Å². The van der Waals surface area contributed by atoms with E-state index in [-0.39, 0.29) is 11.3 Å². The molecular formula is C13H19NO2S. The second kappa shape index (κ2) is 5.76. The first-order chi connectivity index (χ1) is 8.24. The summed E-state index contributed by atoms with van der Waals surface area (Å²) in [7, 11) is 0.739. The third kappa shape index (κ3) is 2.76. The van der Waals surface area contributed by atoms with Crippen LogP contribution in [0.15, 0.2) is 24.3 Å². The average molecular weight is 253 g/mol. The Kier molecular flexibility index (Phi) is 4.31. The zero-order valence-electron chi connectivity index (χ0n) is 10.1. The Balaban J connectivity index is 2.11. The fourth-order valence-electron chi connectivity index (χ4n) is 2.38. The molecule has 0 amide bonds. The zero-order valence-corrected chi connectivity index (χ0v) is 10.9. The Labute approximate surface area is 105 Å². The van der Waals surface area contributed by atoms with Crippen molar-refractivity contribution in [3.63, 3.8) is 0 Å². The van der Waals surface area contributed by atoms with Gasteiger partial charge < -0.3 is 10.5 Å². The Hall–Kier alpha value is -0.710. The van der Waals surface area contributed by atoms with E-state index >= 15 is 0 Å². The molecule has 0 radical (unpaired) electrons. The molecule has 0 fully saturated rings. The van der Waals surface area contributed by atoms with Gasteiger partial charge in [-0.1, -0.05) is 24.3 Å². The molecule has 0 aromatic heterocycles. The lowest BCUT2D eigenvalue weighted by molar-refractivity contribution is 0.217. The van der Waals surface area contributed by atoms with Crippen LogP contribution in [0.1, 0.15) is 23.6 Å². The van der Waals surface area contributed by atoms with Crippen molar-refractivity contribution in [3.05, 3.63) is 35.4 Å². The number of nitrogens with two attached hydrogens (primary N) is 1. The first kappa shape index (κ1) is 12.7. The quantitative estimate of drug-likeness (QED) is 0.882. The highest BCUT2D eigenvalue weighted by molar-refractivity contribution is 7.85. The highest BCUT2D eigenvalue weighted by Crippen LogP contribution is 2.31. The predicted molar refractivity (Wildman–Crippen MR) is 70.4 cm³/mol. The third-order valence-corrected chi connectivity index (χ3v) is 5.11. The summed E-state index contributed by atoms with van der Waals surface area (Å²) < 4.78 is 17.1. The van der Waals surface area contributed by atoms with Crippen LogP contribution in [0.5, 0.6) is 0 Å². The molecule has 2 N–H and O–H groups in total. The van der Waals surface area contributed by atoms with Gasteiger partial charge >= 0.3 is 0 Å². The van der Waals surface area contributed by atoms with E-state index in [1.54, 1.807) is 7.11 Å². The van der Waals surface area contributed by atoms with Crippen LogP contribution in [0.2, 0.25) is 0 Å². The zero-order chi connectivity index (χ0) is 12.3.